The Morgan fingerprint density at radius 1 is 1.27 bits per heavy atom. The van der Waals surface area contributed by atoms with Gasteiger partial charge in [-0.3, -0.25) is 4.90 Å². The van der Waals surface area contributed by atoms with E-state index in [4.69, 9.17) is 10.8 Å². The van der Waals surface area contributed by atoms with E-state index in [-0.39, 0.29) is 0 Å². The lowest BCUT2D eigenvalue weighted by atomic mass is 10.0. The van der Waals surface area contributed by atoms with Crippen LogP contribution >= 0.6 is 0 Å². The summed E-state index contributed by atoms with van der Waals surface area (Å²) in [5.74, 6) is 0. The summed E-state index contributed by atoms with van der Waals surface area (Å²) < 4.78 is 0. The summed E-state index contributed by atoms with van der Waals surface area (Å²) >= 11 is 0. The molecule has 3 heteroatoms. The number of aliphatic hydroxyl groups excluding tert-OH is 1. The van der Waals surface area contributed by atoms with Crippen LogP contribution in [-0.4, -0.2) is 41.8 Å². The second-order valence-corrected chi connectivity index (χ2v) is 4.57. The van der Waals surface area contributed by atoms with E-state index in [0.29, 0.717) is 18.7 Å². The fourth-order valence-corrected chi connectivity index (χ4v) is 2.60. The van der Waals surface area contributed by atoms with Crippen molar-refractivity contribution in [2.45, 2.75) is 57.5 Å². The maximum Gasteiger partial charge on any atom is 0.0443 e. The van der Waals surface area contributed by atoms with E-state index in [2.05, 4.69) is 11.8 Å². The van der Waals surface area contributed by atoms with E-state index in [0.717, 1.165) is 19.5 Å². The Hall–Kier alpha value is -0.120. The summed E-state index contributed by atoms with van der Waals surface area (Å²) in [7, 11) is 0. The van der Waals surface area contributed by atoms with Crippen LogP contribution in [0.15, 0.2) is 0 Å². The molecule has 1 aliphatic carbocycles. The van der Waals surface area contributed by atoms with Gasteiger partial charge < -0.3 is 10.8 Å². The minimum atomic E-state index is 0.290. The minimum Gasteiger partial charge on any atom is -0.396 e. The van der Waals surface area contributed by atoms with Crippen LogP contribution < -0.4 is 5.73 Å². The predicted octanol–water partition coefficient (Wildman–Crippen LogP) is 1.35. The maximum absolute atomic E-state index is 8.87. The quantitative estimate of drug-likeness (QED) is 0.679. The van der Waals surface area contributed by atoms with Crippen LogP contribution in [0.5, 0.6) is 0 Å². The lowest BCUT2D eigenvalue weighted by Crippen LogP contribution is -2.47. The first-order valence-electron chi connectivity index (χ1n) is 6.40. The van der Waals surface area contributed by atoms with E-state index < -0.39 is 0 Å². The number of rotatable bonds is 5. The van der Waals surface area contributed by atoms with Gasteiger partial charge in [0.05, 0.1) is 0 Å². The lowest BCUT2D eigenvalue weighted by molar-refractivity contribution is 0.154. The van der Waals surface area contributed by atoms with E-state index in [1.165, 1.54) is 32.1 Å². The minimum absolute atomic E-state index is 0.290. The molecule has 1 saturated carbocycles. The van der Waals surface area contributed by atoms with Crippen LogP contribution in [0, 0.1) is 0 Å². The fourth-order valence-electron chi connectivity index (χ4n) is 2.60. The Bertz CT molecular complexity index is 164. The summed E-state index contributed by atoms with van der Waals surface area (Å²) in [6.07, 6.45) is 7.21. The molecule has 0 aromatic rings. The topological polar surface area (TPSA) is 49.5 Å². The van der Waals surface area contributed by atoms with Crippen LogP contribution in [0.4, 0.5) is 0 Å². The number of hydrogen-bond acceptors (Lipinski definition) is 3. The summed E-state index contributed by atoms with van der Waals surface area (Å²) in [5.41, 5.74) is 6.22. The highest BCUT2D eigenvalue weighted by atomic mass is 16.3. The van der Waals surface area contributed by atoms with Crippen LogP contribution in [-0.2, 0) is 0 Å². The molecule has 0 bridgehead atoms. The molecule has 2 unspecified atom stereocenters. The summed E-state index contributed by atoms with van der Waals surface area (Å²) in [6.45, 7) is 4.52. The monoisotopic (exact) mass is 214 g/mol. The van der Waals surface area contributed by atoms with Gasteiger partial charge in [0.1, 0.15) is 0 Å². The van der Waals surface area contributed by atoms with Crippen molar-refractivity contribution in [1.29, 1.82) is 0 Å². The van der Waals surface area contributed by atoms with E-state index >= 15 is 0 Å². The number of nitrogens with zero attached hydrogens (tertiary/aromatic N) is 1. The van der Waals surface area contributed by atoms with Gasteiger partial charge in [0.2, 0.25) is 0 Å². The molecule has 2 atom stereocenters. The second-order valence-electron chi connectivity index (χ2n) is 4.57. The maximum atomic E-state index is 8.87. The van der Waals surface area contributed by atoms with Crippen LogP contribution in [0.1, 0.15) is 45.4 Å². The highest BCUT2D eigenvalue weighted by Gasteiger charge is 2.24. The molecule has 0 amide bonds. The molecular weight excluding hydrogens is 188 g/mol. The molecule has 1 rings (SSSR count). The van der Waals surface area contributed by atoms with Crippen LogP contribution in [0.25, 0.3) is 0 Å². The Morgan fingerprint density at radius 3 is 2.67 bits per heavy atom. The second kappa shape index (κ2) is 7.20. The van der Waals surface area contributed by atoms with Crippen molar-refractivity contribution in [2.24, 2.45) is 5.73 Å². The van der Waals surface area contributed by atoms with Crippen molar-refractivity contribution in [1.82, 2.24) is 4.90 Å². The fraction of sp³-hybridized carbons (Fsp3) is 1.00. The number of aliphatic hydroxyl groups is 1. The van der Waals surface area contributed by atoms with Gasteiger partial charge in [-0.1, -0.05) is 26.2 Å². The molecule has 0 aliphatic heterocycles. The van der Waals surface area contributed by atoms with Crippen LogP contribution in [0.3, 0.4) is 0 Å². The summed E-state index contributed by atoms with van der Waals surface area (Å²) in [6, 6.07) is 0.884. The number of likely N-dealkylation sites (N-methyl/N-ethyl adjacent to an activating group) is 1. The standard InChI is InChI=1S/C12H26N2O/c1-2-14(9-6-10-15)12-8-5-3-4-7-11(12)13/h11-12,15H,2-10,13H2,1H3. The average molecular weight is 214 g/mol. The summed E-state index contributed by atoms with van der Waals surface area (Å²) in [5, 5.41) is 8.87. The number of hydrogen-bond donors (Lipinski definition) is 2. The SMILES string of the molecule is CCN(CCCO)C1CCCCCC1N. The Kier molecular flexibility index (Phi) is 6.22. The first-order chi connectivity index (χ1) is 7.29. The predicted molar refractivity (Wildman–Crippen MR) is 63.8 cm³/mol. The van der Waals surface area contributed by atoms with Crippen molar-refractivity contribution in [2.75, 3.05) is 19.7 Å². The molecule has 15 heavy (non-hydrogen) atoms. The van der Waals surface area contributed by atoms with Gasteiger partial charge in [-0.25, -0.2) is 0 Å². The van der Waals surface area contributed by atoms with Crippen molar-refractivity contribution in [3.63, 3.8) is 0 Å². The molecule has 0 heterocycles. The van der Waals surface area contributed by atoms with Gasteiger partial charge in [0.15, 0.2) is 0 Å². The molecule has 1 aliphatic rings. The molecule has 0 spiro atoms. The summed E-state index contributed by atoms with van der Waals surface area (Å²) in [4.78, 5) is 2.45. The van der Waals surface area contributed by atoms with Gasteiger partial charge in [0, 0.05) is 25.2 Å². The highest BCUT2D eigenvalue weighted by Crippen LogP contribution is 2.21. The zero-order valence-electron chi connectivity index (χ0n) is 9.99. The average Bonchev–Trinajstić information content (AvgIpc) is 2.45. The smallest absolute Gasteiger partial charge is 0.0443 e. The third kappa shape index (κ3) is 4.09. The highest BCUT2D eigenvalue weighted by molar-refractivity contribution is 4.84. The van der Waals surface area contributed by atoms with Gasteiger partial charge in [-0.05, 0) is 25.8 Å². The molecule has 0 saturated heterocycles. The molecule has 0 aromatic carbocycles. The Labute approximate surface area is 93.6 Å². The van der Waals surface area contributed by atoms with Gasteiger partial charge in [-0.2, -0.15) is 0 Å². The Balaban J connectivity index is 2.47. The Morgan fingerprint density at radius 2 is 2.00 bits per heavy atom. The van der Waals surface area contributed by atoms with Crippen molar-refractivity contribution in [3.8, 4) is 0 Å². The van der Waals surface area contributed by atoms with E-state index in [1.54, 1.807) is 0 Å². The van der Waals surface area contributed by atoms with Crippen molar-refractivity contribution in [3.05, 3.63) is 0 Å². The third-order valence-corrected chi connectivity index (χ3v) is 3.51. The molecule has 3 N–H and O–H groups in total. The van der Waals surface area contributed by atoms with Gasteiger partial charge in [-0.15, -0.1) is 0 Å². The van der Waals surface area contributed by atoms with Crippen molar-refractivity contribution < 1.29 is 5.11 Å². The first-order valence-corrected chi connectivity index (χ1v) is 6.40. The zero-order valence-corrected chi connectivity index (χ0v) is 9.99. The molecule has 0 radical (unpaired) electrons. The van der Waals surface area contributed by atoms with Gasteiger partial charge in [0.25, 0.3) is 0 Å². The van der Waals surface area contributed by atoms with E-state index in [9.17, 15) is 0 Å². The van der Waals surface area contributed by atoms with Crippen molar-refractivity contribution >= 4 is 0 Å². The molecule has 0 aromatic heterocycles. The first kappa shape index (κ1) is 12.9. The van der Waals surface area contributed by atoms with Gasteiger partial charge >= 0.3 is 0 Å². The van der Waals surface area contributed by atoms with Crippen LogP contribution in [0.2, 0.25) is 0 Å². The lowest BCUT2D eigenvalue weighted by Gasteiger charge is -2.33. The molecule has 90 valence electrons. The molecule has 1 fully saturated rings. The number of nitrogens with two attached hydrogens (primary N) is 1. The molecular formula is C12H26N2O. The third-order valence-electron chi connectivity index (χ3n) is 3.51. The zero-order chi connectivity index (χ0) is 11.1. The molecule has 3 nitrogen and oxygen atoms in total. The normalized spacial score (nSPS) is 28.0. The van der Waals surface area contributed by atoms with E-state index in [1.807, 2.05) is 0 Å². The largest absolute Gasteiger partial charge is 0.396 e.